The van der Waals surface area contributed by atoms with Gasteiger partial charge in [0.2, 0.25) is 0 Å². The van der Waals surface area contributed by atoms with Gasteiger partial charge in [-0.05, 0) is 69.2 Å². The van der Waals surface area contributed by atoms with Gasteiger partial charge in [-0.3, -0.25) is 9.59 Å². The SMILES string of the molecule is CCCC(CCCCC1=CC=C(CI)C(C)C1)n1nc(C)c2c(Cl)c(C(=O)Nc3ccc(C(=O)c4ccccc4)cc3)cnc21. The van der Waals surface area contributed by atoms with Crippen LogP contribution in [-0.2, 0) is 0 Å². The van der Waals surface area contributed by atoms with Crippen molar-refractivity contribution in [1.29, 1.82) is 0 Å². The molecule has 6 nitrogen and oxygen atoms in total. The number of nitrogens with one attached hydrogen (secondary N) is 1. The van der Waals surface area contributed by atoms with Crippen molar-refractivity contribution < 1.29 is 9.59 Å². The maximum atomic E-state index is 13.3. The highest BCUT2D eigenvalue weighted by Crippen LogP contribution is 2.34. The molecule has 2 aromatic carbocycles. The molecule has 0 saturated carbocycles. The van der Waals surface area contributed by atoms with E-state index in [2.05, 4.69) is 53.9 Å². The molecule has 2 heterocycles. The summed E-state index contributed by atoms with van der Waals surface area (Å²) in [5.74, 6) is 0.214. The number of hydrogen-bond acceptors (Lipinski definition) is 4. The number of allylic oxidation sites excluding steroid dienone is 4. The number of aromatic nitrogens is 3. The van der Waals surface area contributed by atoms with Crippen molar-refractivity contribution in [1.82, 2.24) is 14.8 Å². The first-order valence-electron chi connectivity index (χ1n) is 15.8. The van der Waals surface area contributed by atoms with Gasteiger partial charge in [-0.25, -0.2) is 9.67 Å². The number of carbonyl (C=O) groups excluding carboxylic acids is 2. The van der Waals surface area contributed by atoms with Crippen molar-refractivity contribution in [2.75, 3.05) is 9.74 Å². The van der Waals surface area contributed by atoms with Crippen molar-refractivity contribution in [2.24, 2.45) is 5.92 Å². The van der Waals surface area contributed by atoms with Crippen LogP contribution in [0.5, 0.6) is 0 Å². The van der Waals surface area contributed by atoms with Crippen LogP contribution in [0.1, 0.15) is 96.8 Å². The molecular formula is C37H40ClIN4O2. The minimum Gasteiger partial charge on any atom is -0.322 e. The van der Waals surface area contributed by atoms with Gasteiger partial charge in [-0.15, -0.1) is 0 Å². The van der Waals surface area contributed by atoms with Crippen molar-refractivity contribution in [3.63, 3.8) is 0 Å². The Morgan fingerprint density at radius 3 is 2.47 bits per heavy atom. The van der Waals surface area contributed by atoms with Gasteiger partial charge in [-0.1, -0.05) is 115 Å². The summed E-state index contributed by atoms with van der Waals surface area (Å²) in [6, 6.07) is 16.2. The topological polar surface area (TPSA) is 76.9 Å². The number of unbranched alkanes of at least 4 members (excludes halogenated alkanes) is 1. The highest BCUT2D eigenvalue weighted by Gasteiger charge is 2.23. The number of benzene rings is 2. The molecule has 0 spiro atoms. The number of halogens is 2. The summed E-state index contributed by atoms with van der Waals surface area (Å²) in [7, 11) is 0. The Morgan fingerprint density at radius 2 is 1.78 bits per heavy atom. The van der Waals surface area contributed by atoms with E-state index >= 15 is 0 Å². The molecule has 0 saturated heterocycles. The second-order valence-corrected chi connectivity index (χ2v) is 13.1. The normalized spacial score (nSPS) is 15.4. The van der Waals surface area contributed by atoms with Crippen molar-refractivity contribution in [3.05, 3.63) is 111 Å². The average molecular weight is 735 g/mol. The number of pyridine rings is 1. The molecule has 1 N–H and O–H groups in total. The molecule has 234 valence electrons. The van der Waals surface area contributed by atoms with E-state index < -0.39 is 0 Å². The first kappa shape index (κ1) is 33.1. The fourth-order valence-electron chi connectivity index (χ4n) is 6.10. The summed E-state index contributed by atoms with van der Waals surface area (Å²) in [5, 5.41) is 8.85. The largest absolute Gasteiger partial charge is 0.322 e. The summed E-state index contributed by atoms with van der Waals surface area (Å²) >= 11 is 9.33. The van der Waals surface area contributed by atoms with Gasteiger partial charge in [0.05, 0.1) is 27.7 Å². The molecule has 4 aromatic rings. The number of alkyl halides is 1. The summed E-state index contributed by atoms with van der Waals surface area (Å²) in [6.45, 7) is 6.46. The first-order chi connectivity index (χ1) is 21.8. The zero-order valence-corrected chi connectivity index (χ0v) is 29.1. The van der Waals surface area contributed by atoms with Crippen LogP contribution in [0, 0.1) is 12.8 Å². The lowest BCUT2D eigenvalue weighted by Gasteiger charge is -2.21. The molecule has 1 amide bonds. The molecule has 5 rings (SSSR count). The van der Waals surface area contributed by atoms with Crippen molar-refractivity contribution in [2.45, 2.75) is 71.8 Å². The molecule has 8 heteroatoms. The lowest BCUT2D eigenvalue weighted by molar-refractivity contribution is 0.102. The summed E-state index contributed by atoms with van der Waals surface area (Å²) in [5.41, 5.74) is 6.60. The van der Waals surface area contributed by atoms with Crippen LogP contribution in [0.2, 0.25) is 5.02 Å². The van der Waals surface area contributed by atoms with E-state index in [-0.39, 0.29) is 23.3 Å². The second kappa shape index (κ2) is 15.3. The van der Waals surface area contributed by atoms with E-state index in [1.807, 2.05) is 29.8 Å². The van der Waals surface area contributed by atoms with Gasteiger partial charge < -0.3 is 5.32 Å². The maximum absolute atomic E-state index is 13.3. The number of aryl methyl sites for hydroxylation is 1. The van der Waals surface area contributed by atoms with Crippen LogP contribution in [0.4, 0.5) is 5.69 Å². The molecule has 0 bridgehead atoms. The molecule has 1 aliphatic rings. The molecule has 2 aromatic heterocycles. The predicted octanol–water partition coefficient (Wildman–Crippen LogP) is 10.1. The van der Waals surface area contributed by atoms with Gasteiger partial charge in [0.25, 0.3) is 5.91 Å². The average Bonchev–Trinajstić information content (AvgIpc) is 3.39. The fourth-order valence-corrected chi connectivity index (χ4v) is 7.46. The van der Waals surface area contributed by atoms with Crippen LogP contribution >= 0.6 is 34.2 Å². The predicted molar refractivity (Wildman–Crippen MR) is 193 cm³/mol. The molecular weight excluding hydrogens is 695 g/mol. The summed E-state index contributed by atoms with van der Waals surface area (Å²) in [6.07, 6.45) is 13.9. The van der Waals surface area contributed by atoms with Crippen LogP contribution in [0.15, 0.2) is 84.1 Å². The van der Waals surface area contributed by atoms with Crippen LogP contribution in [0.3, 0.4) is 0 Å². The van der Waals surface area contributed by atoms with Crippen molar-refractivity contribution in [3.8, 4) is 0 Å². The number of carbonyl (C=O) groups is 2. The number of ketones is 1. The summed E-state index contributed by atoms with van der Waals surface area (Å²) in [4.78, 5) is 30.8. The van der Waals surface area contributed by atoms with E-state index in [1.165, 1.54) is 6.42 Å². The Kier molecular flexibility index (Phi) is 11.3. The lowest BCUT2D eigenvalue weighted by Crippen LogP contribution is -2.14. The molecule has 45 heavy (non-hydrogen) atoms. The third kappa shape index (κ3) is 7.75. The highest BCUT2D eigenvalue weighted by molar-refractivity contribution is 14.1. The van der Waals surface area contributed by atoms with Crippen LogP contribution in [-0.4, -0.2) is 30.9 Å². The zero-order chi connectivity index (χ0) is 31.9. The Hall–Kier alpha value is -3.30. The molecule has 0 aliphatic heterocycles. The third-order valence-corrected chi connectivity index (χ3v) is 9.93. The van der Waals surface area contributed by atoms with Gasteiger partial charge >= 0.3 is 0 Å². The van der Waals surface area contributed by atoms with E-state index in [0.29, 0.717) is 33.1 Å². The Balaban J connectivity index is 1.26. The number of amides is 1. The summed E-state index contributed by atoms with van der Waals surface area (Å²) < 4.78 is 3.14. The van der Waals surface area contributed by atoms with Gasteiger partial charge in [0, 0.05) is 27.4 Å². The second-order valence-electron chi connectivity index (χ2n) is 11.9. The number of rotatable bonds is 13. The monoisotopic (exact) mass is 734 g/mol. The minimum atomic E-state index is -0.361. The number of fused-ring (bicyclic) bond motifs is 1. The number of hydrogen-bond donors (Lipinski definition) is 1. The number of nitrogens with zero attached hydrogens (tertiary/aromatic N) is 3. The Morgan fingerprint density at radius 1 is 1.04 bits per heavy atom. The molecule has 0 fully saturated rings. The van der Waals surface area contributed by atoms with E-state index in [4.69, 9.17) is 21.7 Å². The molecule has 0 radical (unpaired) electrons. The van der Waals surface area contributed by atoms with Crippen LogP contribution in [0.25, 0.3) is 11.0 Å². The standard InChI is InChI=1S/C37H40ClIN4O2/c1-4-10-31(14-9-8-11-26-15-16-29(22-39)24(2)21-26)43-36-33(25(3)42-43)34(38)32(23-40-36)37(45)41-30-19-17-28(18-20-30)35(44)27-12-6-5-7-13-27/h5-7,12-13,15-20,23-24,31H,4,8-11,14,21-22H2,1-3H3,(H,41,45). The van der Waals surface area contributed by atoms with E-state index in [1.54, 1.807) is 53.7 Å². The van der Waals surface area contributed by atoms with Crippen molar-refractivity contribution >= 4 is 62.6 Å². The molecule has 1 aliphatic carbocycles. The molecule has 2 atom stereocenters. The van der Waals surface area contributed by atoms with Gasteiger partial charge in [0.1, 0.15) is 0 Å². The zero-order valence-electron chi connectivity index (χ0n) is 26.2. The van der Waals surface area contributed by atoms with E-state index in [0.717, 1.165) is 54.3 Å². The smallest absolute Gasteiger partial charge is 0.258 e. The fraction of sp³-hybridized carbons (Fsp3) is 0.351. The van der Waals surface area contributed by atoms with Gasteiger partial charge in [0.15, 0.2) is 11.4 Å². The third-order valence-electron chi connectivity index (χ3n) is 8.66. The van der Waals surface area contributed by atoms with Gasteiger partial charge in [-0.2, -0.15) is 5.10 Å². The molecule has 2 unspecified atom stereocenters. The Bertz CT molecular complexity index is 1730. The number of anilines is 1. The first-order valence-corrected chi connectivity index (χ1v) is 17.7. The highest BCUT2D eigenvalue weighted by atomic mass is 127. The minimum absolute atomic E-state index is 0.0704. The quantitative estimate of drug-likeness (QED) is 0.0642. The maximum Gasteiger partial charge on any atom is 0.258 e. The van der Waals surface area contributed by atoms with E-state index in [9.17, 15) is 9.59 Å². The lowest BCUT2D eigenvalue weighted by atomic mass is 9.87. The Labute approximate surface area is 284 Å². The van der Waals surface area contributed by atoms with Crippen LogP contribution < -0.4 is 5.32 Å².